The minimum atomic E-state index is -3.61. The summed E-state index contributed by atoms with van der Waals surface area (Å²) in [7, 11) is -3.61. The van der Waals surface area contributed by atoms with Gasteiger partial charge in [0, 0.05) is 38.6 Å². The van der Waals surface area contributed by atoms with Gasteiger partial charge in [-0.1, -0.05) is 0 Å². The maximum atomic E-state index is 12.3. The highest BCUT2D eigenvalue weighted by molar-refractivity contribution is 7.88. The molecule has 156 valence electrons. The Bertz CT molecular complexity index is 734. The first-order valence-corrected chi connectivity index (χ1v) is 11.4. The second-order valence-corrected chi connectivity index (χ2v) is 8.80. The molecule has 1 unspecified atom stereocenters. The Labute approximate surface area is 165 Å². The number of likely N-dealkylation sites (tertiary alicyclic amines) is 1. The summed E-state index contributed by atoms with van der Waals surface area (Å²) in [6.45, 7) is 2.56. The molecule has 1 amide bonds. The zero-order chi connectivity index (χ0) is 20.0. The van der Waals surface area contributed by atoms with Crippen molar-refractivity contribution < 1.29 is 22.7 Å². The number of nitrogens with zero attached hydrogens (tertiary/aromatic N) is 4. The monoisotopic (exact) mass is 413 g/mol. The van der Waals surface area contributed by atoms with Gasteiger partial charge in [-0.3, -0.25) is 0 Å². The molecule has 2 saturated heterocycles. The molecule has 0 aliphatic carbocycles. The summed E-state index contributed by atoms with van der Waals surface area (Å²) in [6.07, 6.45) is 6.44. The second kappa shape index (κ2) is 9.48. The maximum absolute atomic E-state index is 12.3. The summed E-state index contributed by atoms with van der Waals surface area (Å²) in [5.41, 5.74) is 0. The van der Waals surface area contributed by atoms with Crippen molar-refractivity contribution in [3.8, 4) is 0 Å². The third-order valence-electron chi connectivity index (χ3n) is 4.73. The molecule has 1 aromatic heterocycles. The number of aromatic nitrogens is 2. The van der Waals surface area contributed by atoms with Crippen LogP contribution in [0, 0.1) is 0 Å². The van der Waals surface area contributed by atoms with E-state index in [1.165, 1.54) is 0 Å². The summed E-state index contributed by atoms with van der Waals surface area (Å²) < 4.78 is 36.7. The first-order valence-electron chi connectivity index (χ1n) is 9.51. The summed E-state index contributed by atoms with van der Waals surface area (Å²) >= 11 is 0. The highest BCUT2D eigenvalue weighted by Gasteiger charge is 2.29. The molecule has 1 N–H and O–H groups in total. The van der Waals surface area contributed by atoms with Gasteiger partial charge in [0.2, 0.25) is 16.0 Å². The average Bonchev–Trinajstić information content (AvgIpc) is 2.68. The first-order chi connectivity index (χ1) is 13.4. The zero-order valence-electron chi connectivity index (χ0n) is 16.0. The molecule has 1 aromatic rings. The van der Waals surface area contributed by atoms with Crippen LogP contribution in [0.25, 0.3) is 0 Å². The van der Waals surface area contributed by atoms with Crippen LogP contribution in [0.15, 0.2) is 18.5 Å². The topological polar surface area (TPSA) is 114 Å². The summed E-state index contributed by atoms with van der Waals surface area (Å²) in [6, 6.07) is 1.76. The van der Waals surface area contributed by atoms with Gasteiger partial charge in [-0.15, -0.1) is 0 Å². The Kier molecular flexibility index (Phi) is 7.03. The van der Waals surface area contributed by atoms with Crippen LogP contribution < -0.4 is 9.62 Å². The fourth-order valence-electron chi connectivity index (χ4n) is 3.32. The Hall–Kier alpha value is -1.98. The summed E-state index contributed by atoms with van der Waals surface area (Å²) in [5, 5.41) is 0. The van der Waals surface area contributed by atoms with Gasteiger partial charge in [-0.05, 0) is 38.2 Å². The largest absolute Gasteiger partial charge is 0.413 e. The van der Waals surface area contributed by atoms with Gasteiger partial charge in [-0.25, -0.2) is 23.2 Å². The molecule has 28 heavy (non-hydrogen) atoms. The molecule has 0 bridgehead atoms. The van der Waals surface area contributed by atoms with Crippen LogP contribution in [-0.2, 0) is 19.5 Å². The zero-order valence-corrected chi connectivity index (χ0v) is 16.8. The van der Waals surface area contributed by atoms with Crippen molar-refractivity contribution in [3.05, 3.63) is 18.5 Å². The quantitative estimate of drug-likeness (QED) is 0.685. The number of hydrogen-bond donors (Lipinski definition) is 1. The average molecular weight is 414 g/mol. The molecule has 0 radical (unpaired) electrons. The smallest absolute Gasteiger partial charge is 0.404 e. The predicted octanol–water partition coefficient (Wildman–Crippen LogP) is 0.917. The van der Waals surface area contributed by atoms with Crippen molar-refractivity contribution in [1.29, 1.82) is 0 Å². The number of carbonyl (C=O) groups excluding carboxylic acids is 1. The van der Waals surface area contributed by atoms with E-state index >= 15 is 0 Å². The van der Waals surface area contributed by atoms with Crippen LogP contribution in [-0.4, -0.2) is 74.3 Å². The summed E-state index contributed by atoms with van der Waals surface area (Å²) in [4.78, 5) is 24.4. The Balaban J connectivity index is 1.55. The molecule has 0 saturated carbocycles. The second-order valence-electron chi connectivity index (χ2n) is 7.02. The van der Waals surface area contributed by atoms with E-state index in [-0.39, 0.29) is 6.10 Å². The predicted molar refractivity (Wildman–Crippen MR) is 102 cm³/mol. The van der Waals surface area contributed by atoms with E-state index in [1.54, 1.807) is 23.4 Å². The molecule has 0 aromatic carbocycles. The van der Waals surface area contributed by atoms with Crippen molar-refractivity contribution in [2.45, 2.75) is 44.6 Å². The molecule has 10 nitrogen and oxygen atoms in total. The fraction of sp³-hybridized carbons (Fsp3) is 0.706. The standard InChI is InChI=1S/C17H27N5O5S/c1-28(24,25)20-16(27-17(23)22-10-3-2-4-11-22)26-14-6-12-21(13-7-14)15-18-8-5-9-19-15/h5,8-9,14,16,20H,2-4,6-7,10-13H2,1H3. The minimum Gasteiger partial charge on any atom is -0.404 e. The first kappa shape index (κ1) is 20.7. The van der Waals surface area contributed by atoms with Gasteiger partial charge < -0.3 is 19.3 Å². The Morgan fingerprint density at radius 1 is 1.14 bits per heavy atom. The lowest BCUT2D eigenvalue weighted by Crippen LogP contribution is -2.47. The third-order valence-corrected chi connectivity index (χ3v) is 5.35. The molecule has 3 heterocycles. The highest BCUT2D eigenvalue weighted by Crippen LogP contribution is 2.19. The van der Waals surface area contributed by atoms with Crippen molar-refractivity contribution in [1.82, 2.24) is 19.6 Å². The molecular weight excluding hydrogens is 386 g/mol. The van der Waals surface area contributed by atoms with Gasteiger partial charge in [0.25, 0.3) is 6.41 Å². The number of ether oxygens (including phenoxy) is 2. The van der Waals surface area contributed by atoms with Gasteiger partial charge in [0.15, 0.2) is 0 Å². The molecule has 2 aliphatic heterocycles. The number of piperidine rings is 2. The van der Waals surface area contributed by atoms with Crippen LogP contribution in [0.1, 0.15) is 32.1 Å². The number of amides is 1. The van der Waals surface area contributed by atoms with Crippen molar-refractivity contribution >= 4 is 22.1 Å². The normalized spacial score (nSPS) is 20.0. The lowest BCUT2D eigenvalue weighted by molar-refractivity contribution is -0.153. The molecular formula is C17H27N5O5S. The van der Waals surface area contributed by atoms with E-state index in [2.05, 4.69) is 14.7 Å². The number of sulfonamides is 1. The lowest BCUT2D eigenvalue weighted by Gasteiger charge is -2.34. The van der Waals surface area contributed by atoms with Crippen molar-refractivity contribution in [2.24, 2.45) is 0 Å². The molecule has 3 rings (SSSR count). The van der Waals surface area contributed by atoms with E-state index in [1.807, 2.05) is 4.90 Å². The molecule has 2 aliphatic rings. The van der Waals surface area contributed by atoms with Gasteiger partial charge in [0.1, 0.15) is 0 Å². The van der Waals surface area contributed by atoms with Gasteiger partial charge in [-0.2, -0.15) is 4.72 Å². The lowest BCUT2D eigenvalue weighted by atomic mass is 10.1. The van der Waals surface area contributed by atoms with E-state index in [0.717, 1.165) is 25.5 Å². The number of nitrogens with one attached hydrogen (secondary N) is 1. The van der Waals surface area contributed by atoms with E-state index in [0.29, 0.717) is 45.0 Å². The molecule has 11 heteroatoms. The number of rotatable bonds is 6. The van der Waals surface area contributed by atoms with Crippen LogP contribution in [0.4, 0.5) is 10.7 Å². The van der Waals surface area contributed by atoms with Crippen molar-refractivity contribution in [3.63, 3.8) is 0 Å². The SMILES string of the molecule is CS(=O)(=O)NC(OC(=O)N1CCCCC1)OC1CCN(c2ncccn2)CC1. The van der Waals surface area contributed by atoms with Gasteiger partial charge >= 0.3 is 6.09 Å². The minimum absolute atomic E-state index is 0.242. The van der Waals surface area contributed by atoms with E-state index < -0.39 is 22.5 Å². The van der Waals surface area contributed by atoms with Crippen LogP contribution in [0.5, 0.6) is 0 Å². The van der Waals surface area contributed by atoms with Crippen molar-refractivity contribution in [2.75, 3.05) is 37.3 Å². The molecule has 0 spiro atoms. The van der Waals surface area contributed by atoms with E-state index in [9.17, 15) is 13.2 Å². The number of hydrogen-bond acceptors (Lipinski definition) is 8. The Morgan fingerprint density at radius 2 is 1.79 bits per heavy atom. The maximum Gasteiger partial charge on any atom is 0.413 e. The van der Waals surface area contributed by atoms with Crippen LogP contribution in [0.3, 0.4) is 0 Å². The summed E-state index contributed by atoms with van der Waals surface area (Å²) in [5.74, 6) is 0.656. The van der Waals surface area contributed by atoms with Crippen LogP contribution >= 0.6 is 0 Å². The number of anilines is 1. The third kappa shape index (κ3) is 6.28. The van der Waals surface area contributed by atoms with Crippen LogP contribution in [0.2, 0.25) is 0 Å². The number of carbonyl (C=O) groups is 1. The van der Waals surface area contributed by atoms with Gasteiger partial charge in [0.05, 0.1) is 12.4 Å². The molecule has 2 fully saturated rings. The highest BCUT2D eigenvalue weighted by atomic mass is 32.2. The Morgan fingerprint density at radius 3 is 2.39 bits per heavy atom. The fourth-order valence-corrected chi connectivity index (χ4v) is 3.77. The molecule has 1 atom stereocenters. The van der Waals surface area contributed by atoms with E-state index in [4.69, 9.17) is 9.47 Å².